The van der Waals surface area contributed by atoms with Gasteiger partial charge in [0.2, 0.25) is 15.9 Å². The number of fused-ring (bicyclic) bond motifs is 4. The minimum atomic E-state index is -3.41. The Hall–Kier alpha value is -2.62. The zero-order chi connectivity index (χ0) is 23.2. The smallest absolute Gasteiger partial charge is 0.229 e. The number of aliphatic hydroxyl groups excluding tert-OH is 1. The van der Waals surface area contributed by atoms with E-state index >= 15 is 0 Å². The summed E-state index contributed by atoms with van der Waals surface area (Å²) in [6.45, 7) is 1.07. The van der Waals surface area contributed by atoms with Gasteiger partial charge in [-0.3, -0.25) is 9.52 Å². The maximum atomic E-state index is 13.1. The molecule has 3 heterocycles. The molecular weight excluding hydrogens is 444 g/mol. The summed E-state index contributed by atoms with van der Waals surface area (Å²) in [6, 6.07) is 13.4. The number of nitrogens with zero attached hydrogens (tertiary/aromatic N) is 1. The Morgan fingerprint density at radius 1 is 1.21 bits per heavy atom. The molecule has 1 amide bonds. The van der Waals surface area contributed by atoms with Crippen molar-refractivity contribution in [3.63, 3.8) is 0 Å². The lowest BCUT2D eigenvalue weighted by molar-refractivity contribution is -0.149. The van der Waals surface area contributed by atoms with Gasteiger partial charge in [0, 0.05) is 30.3 Å². The standard InChI is InChI=1S/C24H28N2O6S/c1-33(29,30)25-17-6-7-21-19(10-17)20-11-18(31-22(14-27)24(20)32-21)12-23(28)26-9-8-15-4-2-3-5-16(15)13-26/h2-7,10,18,20,22,24-25,27H,8-9,11-14H2,1H3/t18-,20-,22-,24+/m1/s1. The van der Waals surface area contributed by atoms with Gasteiger partial charge in [0.15, 0.2) is 0 Å². The van der Waals surface area contributed by atoms with Gasteiger partial charge >= 0.3 is 0 Å². The Labute approximate surface area is 193 Å². The lowest BCUT2D eigenvalue weighted by atomic mass is 9.84. The second-order valence-electron chi connectivity index (χ2n) is 9.07. The van der Waals surface area contributed by atoms with Gasteiger partial charge in [0.1, 0.15) is 18.0 Å². The molecule has 8 nitrogen and oxygen atoms in total. The molecule has 0 bridgehead atoms. The van der Waals surface area contributed by atoms with E-state index in [2.05, 4.69) is 16.9 Å². The van der Waals surface area contributed by atoms with Crippen molar-refractivity contribution >= 4 is 21.6 Å². The molecule has 2 N–H and O–H groups in total. The third kappa shape index (κ3) is 4.58. The second-order valence-corrected chi connectivity index (χ2v) is 10.8. The molecule has 0 aliphatic carbocycles. The summed E-state index contributed by atoms with van der Waals surface area (Å²) in [4.78, 5) is 15.0. The monoisotopic (exact) mass is 472 g/mol. The van der Waals surface area contributed by atoms with Crippen molar-refractivity contribution < 1.29 is 27.8 Å². The maximum Gasteiger partial charge on any atom is 0.229 e. The van der Waals surface area contributed by atoms with Crippen LogP contribution >= 0.6 is 0 Å². The molecule has 3 aliphatic rings. The first kappa shape index (κ1) is 22.2. The van der Waals surface area contributed by atoms with Crippen molar-refractivity contribution in [2.24, 2.45) is 0 Å². The number of aliphatic hydroxyl groups is 1. The molecule has 176 valence electrons. The van der Waals surface area contributed by atoms with Crippen LogP contribution in [0.4, 0.5) is 5.69 Å². The van der Waals surface area contributed by atoms with Crippen LogP contribution < -0.4 is 9.46 Å². The number of sulfonamides is 1. The van der Waals surface area contributed by atoms with E-state index in [1.165, 1.54) is 11.1 Å². The number of carbonyl (C=O) groups is 1. The number of amides is 1. The van der Waals surface area contributed by atoms with Gasteiger partial charge in [0.25, 0.3) is 0 Å². The van der Waals surface area contributed by atoms with Crippen LogP contribution in [0.3, 0.4) is 0 Å². The van der Waals surface area contributed by atoms with Gasteiger partial charge in [-0.2, -0.15) is 0 Å². The van der Waals surface area contributed by atoms with Crippen LogP contribution in [0.15, 0.2) is 42.5 Å². The molecule has 1 saturated heterocycles. The summed E-state index contributed by atoms with van der Waals surface area (Å²) in [5, 5.41) is 9.94. The van der Waals surface area contributed by atoms with E-state index in [0.29, 0.717) is 30.9 Å². The third-order valence-electron chi connectivity index (χ3n) is 6.69. The molecule has 9 heteroatoms. The molecule has 3 aliphatic heterocycles. The lowest BCUT2D eigenvalue weighted by Gasteiger charge is -2.38. The number of hydrogen-bond donors (Lipinski definition) is 2. The SMILES string of the molecule is CS(=O)(=O)Nc1ccc2c(c1)[C@H]1C[C@H](CC(=O)N3CCc4ccccc4C3)O[C@H](CO)[C@H]1O2. The molecule has 0 spiro atoms. The van der Waals surface area contributed by atoms with Crippen LogP contribution in [-0.2, 0) is 32.5 Å². The fourth-order valence-electron chi connectivity index (χ4n) is 5.20. The molecular formula is C24H28N2O6S. The van der Waals surface area contributed by atoms with E-state index in [1.807, 2.05) is 17.0 Å². The Bertz CT molecular complexity index is 1170. The van der Waals surface area contributed by atoms with Crippen LogP contribution in [0.25, 0.3) is 0 Å². The fraction of sp³-hybridized carbons (Fsp3) is 0.458. The summed E-state index contributed by atoms with van der Waals surface area (Å²) in [5.74, 6) is 0.606. The van der Waals surface area contributed by atoms with E-state index < -0.39 is 16.1 Å². The van der Waals surface area contributed by atoms with E-state index in [-0.39, 0.29) is 37.1 Å². The molecule has 5 rings (SSSR count). The number of ether oxygens (including phenoxy) is 2. The van der Waals surface area contributed by atoms with Crippen LogP contribution in [0.1, 0.15) is 35.4 Å². The van der Waals surface area contributed by atoms with Gasteiger partial charge < -0.3 is 19.5 Å². The van der Waals surface area contributed by atoms with Crippen LogP contribution in [-0.4, -0.2) is 62.1 Å². The Morgan fingerprint density at radius 2 is 2.00 bits per heavy atom. The van der Waals surface area contributed by atoms with Crippen molar-refractivity contribution in [3.05, 3.63) is 59.2 Å². The van der Waals surface area contributed by atoms with Gasteiger partial charge in [-0.15, -0.1) is 0 Å². The molecule has 2 aromatic rings. The zero-order valence-electron chi connectivity index (χ0n) is 18.4. The van der Waals surface area contributed by atoms with Crippen molar-refractivity contribution in [3.8, 4) is 5.75 Å². The third-order valence-corrected chi connectivity index (χ3v) is 7.29. The number of anilines is 1. The quantitative estimate of drug-likeness (QED) is 0.690. The molecule has 4 atom stereocenters. The molecule has 0 aromatic heterocycles. The molecule has 0 saturated carbocycles. The fourth-order valence-corrected chi connectivity index (χ4v) is 5.75. The van der Waals surface area contributed by atoms with Crippen LogP contribution in [0, 0.1) is 0 Å². The molecule has 33 heavy (non-hydrogen) atoms. The highest BCUT2D eigenvalue weighted by Crippen LogP contribution is 2.47. The highest BCUT2D eigenvalue weighted by molar-refractivity contribution is 7.92. The predicted molar refractivity (Wildman–Crippen MR) is 123 cm³/mol. The Morgan fingerprint density at radius 3 is 2.76 bits per heavy atom. The summed E-state index contributed by atoms with van der Waals surface area (Å²) in [7, 11) is -3.41. The highest BCUT2D eigenvalue weighted by atomic mass is 32.2. The predicted octanol–water partition coefficient (Wildman–Crippen LogP) is 2.03. The number of carbonyl (C=O) groups excluding carboxylic acids is 1. The molecule has 2 aromatic carbocycles. The van der Waals surface area contributed by atoms with Crippen molar-refractivity contribution in [2.75, 3.05) is 24.1 Å². The Kier molecular flexibility index (Phi) is 5.80. The summed E-state index contributed by atoms with van der Waals surface area (Å²) in [5.41, 5.74) is 3.81. The number of nitrogens with one attached hydrogen (secondary N) is 1. The summed E-state index contributed by atoms with van der Waals surface area (Å²) < 4.78 is 37.9. The summed E-state index contributed by atoms with van der Waals surface area (Å²) >= 11 is 0. The first-order valence-corrected chi connectivity index (χ1v) is 13.1. The minimum absolute atomic E-state index is 0.0382. The second kappa shape index (κ2) is 8.62. The van der Waals surface area contributed by atoms with Gasteiger partial charge in [0.05, 0.1) is 25.4 Å². The maximum absolute atomic E-state index is 13.1. The minimum Gasteiger partial charge on any atom is -0.487 e. The van der Waals surface area contributed by atoms with Crippen molar-refractivity contribution in [1.82, 2.24) is 4.90 Å². The van der Waals surface area contributed by atoms with Crippen molar-refractivity contribution in [2.45, 2.75) is 50.0 Å². The largest absolute Gasteiger partial charge is 0.487 e. The van der Waals surface area contributed by atoms with E-state index in [4.69, 9.17) is 9.47 Å². The topological polar surface area (TPSA) is 105 Å². The molecule has 0 unspecified atom stereocenters. The zero-order valence-corrected chi connectivity index (χ0v) is 19.3. The normalized spacial score (nSPS) is 26.1. The van der Waals surface area contributed by atoms with Crippen molar-refractivity contribution in [1.29, 1.82) is 0 Å². The van der Waals surface area contributed by atoms with E-state index in [1.54, 1.807) is 18.2 Å². The lowest BCUT2D eigenvalue weighted by Crippen LogP contribution is -2.48. The van der Waals surface area contributed by atoms with Gasteiger partial charge in [-0.05, 0) is 42.2 Å². The number of benzene rings is 2. The van der Waals surface area contributed by atoms with E-state index in [0.717, 1.165) is 18.2 Å². The molecule has 1 fully saturated rings. The summed E-state index contributed by atoms with van der Waals surface area (Å²) in [6.07, 6.45) is 1.47. The molecule has 0 radical (unpaired) electrons. The average Bonchev–Trinajstić information content (AvgIpc) is 3.15. The van der Waals surface area contributed by atoms with E-state index in [9.17, 15) is 18.3 Å². The number of rotatable bonds is 5. The van der Waals surface area contributed by atoms with Gasteiger partial charge in [-0.1, -0.05) is 24.3 Å². The number of hydrogen-bond acceptors (Lipinski definition) is 6. The highest BCUT2D eigenvalue weighted by Gasteiger charge is 2.46. The van der Waals surface area contributed by atoms with Crippen LogP contribution in [0.5, 0.6) is 5.75 Å². The first-order chi connectivity index (χ1) is 15.8. The van der Waals surface area contributed by atoms with Crippen LogP contribution in [0.2, 0.25) is 0 Å². The van der Waals surface area contributed by atoms with Gasteiger partial charge in [-0.25, -0.2) is 8.42 Å². The average molecular weight is 473 g/mol. The first-order valence-electron chi connectivity index (χ1n) is 11.2. The Balaban J connectivity index is 1.31.